The molecule has 0 unspecified atom stereocenters. The Kier molecular flexibility index (Phi) is 6.71. The monoisotopic (exact) mass is 769 g/mol. The summed E-state index contributed by atoms with van der Waals surface area (Å²) < 4.78 is 33.3. The molecule has 0 radical (unpaired) electrons. The van der Waals surface area contributed by atoms with Crippen LogP contribution >= 0.6 is 31.9 Å². The van der Waals surface area contributed by atoms with Gasteiger partial charge < -0.3 is 9.47 Å². The Bertz CT molecular complexity index is 2450. The predicted octanol–water partition coefficient (Wildman–Crippen LogP) is 14.0. The van der Waals surface area contributed by atoms with Crippen molar-refractivity contribution < 1.29 is 4.11 Å². The summed E-state index contributed by atoms with van der Waals surface area (Å²) in [6.07, 6.45) is 0. The summed E-state index contributed by atoms with van der Waals surface area (Å²) in [5.74, 6) is 0. The van der Waals surface area contributed by atoms with E-state index < -0.39 is 10.8 Å². The van der Waals surface area contributed by atoms with E-state index >= 15 is 0 Å². The Morgan fingerprint density at radius 2 is 1.06 bits per heavy atom. The van der Waals surface area contributed by atoms with Crippen molar-refractivity contribution in [1.29, 1.82) is 0 Å². The topological polar surface area (TPSA) is 8.17 Å². The van der Waals surface area contributed by atoms with Crippen LogP contribution in [-0.2, 0) is 10.8 Å². The molecule has 49 heavy (non-hydrogen) atoms. The normalized spacial score (nSPS) is 16.7. The number of nitrogens with zero attached hydrogens (tertiary/aromatic N) is 2. The summed E-state index contributed by atoms with van der Waals surface area (Å²) in [6, 6.07) is 40.5. The maximum atomic E-state index is 9.94. The van der Waals surface area contributed by atoms with Crippen molar-refractivity contribution in [1.82, 2.24) is 4.57 Å². The maximum absolute atomic E-state index is 9.94. The fourth-order valence-corrected chi connectivity index (χ4v) is 8.25. The quantitative estimate of drug-likeness (QED) is 0.169. The third-order valence-corrected chi connectivity index (χ3v) is 12.7. The zero-order chi connectivity index (χ0) is 36.9. The first-order valence-electron chi connectivity index (χ1n) is 18.2. The van der Waals surface area contributed by atoms with Crippen LogP contribution in [0.15, 0.2) is 142 Å². The van der Waals surface area contributed by atoms with Gasteiger partial charge >= 0.3 is 0 Å². The third kappa shape index (κ3) is 4.94. The highest BCUT2D eigenvalue weighted by Gasteiger charge is 2.56. The van der Waals surface area contributed by atoms with E-state index in [-0.39, 0.29) is 17.5 Å². The lowest BCUT2D eigenvalue weighted by molar-refractivity contribution is 0.125. The molecular formula is C45H40Br2N2. The van der Waals surface area contributed by atoms with Crippen LogP contribution in [0.25, 0.3) is 38.6 Å². The Labute approximate surface area is 310 Å². The van der Waals surface area contributed by atoms with Gasteiger partial charge in [-0.25, -0.2) is 0 Å². The molecule has 244 valence electrons. The molecule has 8 rings (SSSR count). The number of benzene rings is 6. The minimum absolute atomic E-state index is 0.0921. The van der Waals surface area contributed by atoms with Crippen LogP contribution in [0.3, 0.4) is 0 Å². The van der Waals surface area contributed by atoms with Crippen molar-refractivity contribution in [3.63, 3.8) is 0 Å². The van der Waals surface area contributed by atoms with Crippen LogP contribution in [-0.4, -0.2) is 4.57 Å². The van der Waals surface area contributed by atoms with E-state index in [1.807, 2.05) is 24.3 Å². The SMILES string of the molecule is [2H]c1c([2H])c2c(c([2H])c1-c1cc(N(c3ccc(Br)cc3)c3ccc(Br)cc3)cc(-n3c4ccccc4c4ccccc43)c1)C(C)(C)C(C)(C)C2(C)C. The average Bonchev–Trinajstić information content (AvgIpc) is 3.50. The molecule has 1 aliphatic carbocycles. The van der Waals surface area contributed by atoms with Gasteiger partial charge in [0.05, 0.1) is 15.1 Å². The molecule has 1 heterocycles. The van der Waals surface area contributed by atoms with Gasteiger partial charge in [0.25, 0.3) is 0 Å². The van der Waals surface area contributed by atoms with Crippen LogP contribution in [0, 0.1) is 5.41 Å². The summed E-state index contributed by atoms with van der Waals surface area (Å²) in [7, 11) is 0. The first kappa shape index (κ1) is 28.7. The number of hydrogen-bond acceptors (Lipinski definition) is 1. The molecule has 0 atom stereocenters. The zero-order valence-electron chi connectivity index (χ0n) is 31.6. The summed E-state index contributed by atoms with van der Waals surface area (Å²) in [4.78, 5) is 2.22. The molecular weight excluding hydrogens is 728 g/mol. The lowest BCUT2D eigenvalue weighted by atomic mass is 9.59. The number of aromatic nitrogens is 1. The van der Waals surface area contributed by atoms with Crippen LogP contribution < -0.4 is 4.90 Å². The van der Waals surface area contributed by atoms with Crippen molar-refractivity contribution in [3.8, 4) is 16.8 Å². The first-order valence-corrected chi connectivity index (χ1v) is 18.3. The lowest BCUT2D eigenvalue weighted by Crippen LogP contribution is -2.42. The average molecular weight is 772 g/mol. The van der Waals surface area contributed by atoms with Crippen molar-refractivity contribution in [2.75, 3.05) is 4.90 Å². The molecule has 0 N–H and O–H groups in total. The second-order valence-electron chi connectivity index (χ2n) is 14.8. The Hall–Kier alpha value is -4.12. The third-order valence-electron chi connectivity index (χ3n) is 11.6. The predicted molar refractivity (Wildman–Crippen MR) is 216 cm³/mol. The zero-order valence-corrected chi connectivity index (χ0v) is 31.8. The fourth-order valence-electron chi connectivity index (χ4n) is 7.72. The molecule has 0 fully saturated rings. The second kappa shape index (κ2) is 11.5. The Balaban J connectivity index is 1.49. The molecule has 0 saturated heterocycles. The van der Waals surface area contributed by atoms with Crippen molar-refractivity contribution in [2.24, 2.45) is 5.41 Å². The molecule has 0 amide bonds. The van der Waals surface area contributed by atoms with Gasteiger partial charge in [-0.2, -0.15) is 0 Å². The first-order chi connectivity index (χ1) is 24.6. The highest BCUT2D eigenvalue weighted by Crippen LogP contribution is 2.62. The summed E-state index contributed by atoms with van der Waals surface area (Å²) in [5, 5.41) is 2.31. The van der Waals surface area contributed by atoms with Crippen LogP contribution in [0.2, 0.25) is 0 Å². The van der Waals surface area contributed by atoms with Gasteiger partial charge in [-0.05, 0) is 117 Å². The number of para-hydroxylation sites is 2. The minimum Gasteiger partial charge on any atom is -0.310 e. The molecule has 4 heteroatoms. The van der Waals surface area contributed by atoms with Gasteiger partial charge in [0.2, 0.25) is 0 Å². The van der Waals surface area contributed by atoms with E-state index in [4.69, 9.17) is 0 Å². The van der Waals surface area contributed by atoms with Gasteiger partial charge in [0.15, 0.2) is 0 Å². The molecule has 7 aromatic rings. The van der Waals surface area contributed by atoms with E-state index in [1.54, 1.807) is 0 Å². The van der Waals surface area contributed by atoms with Gasteiger partial charge in [-0.15, -0.1) is 0 Å². The van der Waals surface area contributed by atoms with E-state index in [0.29, 0.717) is 11.6 Å². The number of fused-ring (bicyclic) bond motifs is 4. The summed E-state index contributed by atoms with van der Waals surface area (Å²) in [6.45, 7) is 13.2. The van der Waals surface area contributed by atoms with Crippen LogP contribution in [0.1, 0.15) is 56.8 Å². The highest BCUT2D eigenvalue weighted by molar-refractivity contribution is 9.10. The van der Waals surface area contributed by atoms with Gasteiger partial charge in [-0.3, -0.25) is 0 Å². The van der Waals surface area contributed by atoms with Gasteiger partial charge in [-0.1, -0.05) is 128 Å². The van der Waals surface area contributed by atoms with Crippen LogP contribution in [0.5, 0.6) is 0 Å². The van der Waals surface area contributed by atoms with E-state index in [0.717, 1.165) is 70.2 Å². The Morgan fingerprint density at radius 3 is 1.61 bits per heavy atom. The molecule has 0 spiro atoms. The molecule has 6 aromatic carbocycles. The van der Waals surface area contributed by atoms with E-state index in [1.165, 1.54) is 0 Å². The Morgan fingerprint density at radius 1 is 0.551 bits per heavy atom. The van der Waals surface area contributed by atoms with Gasteiger partial charge in [0.1, 0.15) is 0 Å². The molecule has 0 bridgehead atoms. The second-order valence-corrected chi connectivity index (χ2v) is 16.6. The minimum atomic E-state index is -0.407. The smallest absolute Gasteiger partial charge is 0.0632 e. The number of halogens is 2. The van der Waals surface area contributed by atoms with Gasteiger partial charge in [0, 0.05) is 42.5 Å². The molecule has 0 aliphatic heterocycles. The standard InChI is InChI=1S/C45H40Br2N2/c1-43(2)39-24-15-29(27-40(39)44(3,4)45(43,5)6)30-25-35(48(33-20-16-31(46)17-21-33)34-22-18-32(47)19-23-34)28-36(26-30)49-41-13-9-7-11-37(41)38-12-8-10-14-42(38)49/h7-28H,1-6H3/i15D,24D,27D. The molecule has 1 aromatic heterocycles. The largest absolute Gasteiger partial charge is 0.310 e. The van der Waals surface area contributed by atoms with Crippen molar-refractivity contribution in [3.05, 3.63) is 153 Å². The van der Waals surface area contributed by atoms with Crippen molar-refractivity contribution in [2.45, 2.75) is 52.4 Å². The maximum Gasteiger partial charge on any atom is 0.0632 e. The fraction of sp³-hybridized carbons (Fsp3) is 0.200. The van der Waals surface area contributed by atoms with Crippen LogP contribution in [0.4, 0.5) is 17.1 Å². The highest BCUT2D eigenvalue weighted by atomic mass is 79.9. The van der Waals surface area contributed by atoms with E-state index in [2.05, 4.69) is 174 Å². The molecule has 1 aliphatic rings. The molecule has 2 nitrogen and oxygen atoms in total. The summed E-state index contributed by atoms with van der Waals surface area (Å²) in [5.41, 5.74) is 7.73. The number of anilines is 3. The number of hydrogen-bond donors (Lipinski definition) is 0. The molecule has 0 saturated carbocycles. The van der Waals surface area contributed by atoms with E-state index in [9.17, 15) is 4.11 Å². The van der Waals surface area contributed by atoms with Crippen molar-refractivity contribution >= 4 is 70.7 Å². The summed E-state index contributed by atoms with van der Waals surface area (Å²) >= 11 is 7.25. The number of rotatable bonds is 5. The lowest BCUT2D eigenvalue weighted by Gasteiger charge is -2.44.